The molecule has 2 saturated heterocycles. The first-order valence-electron chi connectivity index (χ1n) is 9.17. The van der Waals surface area contributed by atoms with Gasteiger partial charge in [0.2, 0.25) is 0 Å². The zero-order chi connectivity index (χ0) is 16.8. The Morgan fingerprint density at radius 2 is 2.04 bits per heavy atom. The van der Waals surface area contributed by atoms with E-state index in [1.54, 1.807) is 0 Å². The van der Waals surface area contributed by atoms with Crippen molar-refractivity contribution in [3.05, 3.63) is 29.8 Å². The fraction of sp³-hybridized carbons (Fsp3) is 0.684. The summed E-state index contributed by atoms with van der Waals surface area (Å²) >= 11 is 0. The Kier molecular flexibility index (Phi) is 6.49. The van der Waals surface area contributed by atoms with Crippen molar-refractivity contribution in [1.29, 1.82) is 0 Å². The van der Waals surface area contributed by atoms with Crippen LogP contribution in [0.25, 0.3) is 0 Å². The minimum atomic E-state index is 0.575. The SMILES string of the molecule is C[C@@H]1C[C@@H](NCc2ccccc2OCCN2CCOCC2)CN1C. The third kappa shape index (κ3) is 4.93. The average Bonchev–Trinajstić information content (AvgIpc) is 2.93. The summed E-state index contributed by atoms with van der Waals surface area (Å²) in [5.74, 6) is 1.01. The zero-order valence-electron chi connectivity index (χ0n) is 15.0. The summed E-state index contributed by atoms with van der Waals surface area (Å²) in [4.78, 5) is 4.82. The van der Waals surface area contributed by atoms with E-state index < -0.39 is 0 Å². The summed E-state index contributed by atoms with van der Waals surface area (Å²) in [6.45, 7) is 9.71. The first-order chi connectivity index (χ1) is 11.7. The molecule has 1 aromatic carbocycles. The van der Waals surface area contributed by atoms with Crippen molar-refractivity contribution < 1.29 is 9.47 Å². The standard InChI is InChI=1S/C19H31N3O2/c1-16-13-18(15-21(16)2)20-14-17-5-3-4-6-19(17)24-12-9-22-7-10-23-11-8-22/h3-6,16,18,20H,7-15H2,1-2H3/t16-,18-/m1/s1. The quantitative estimate of drug-likeness (QED) is 0.820. The van der Waals surface area contributed by atoms with E-state index in [1.165, 1.54) is 12.0 Å². The van der Waals surface area contributed by atoms with Gasteiger partial charge in [-0.15, -0.1) is 0 Å². The second kappa shape index (κ2) is 8.81. The number of rotatable bonds is 7. The molecule has 1 aromatic rings. The first kappa shape index (κ1) is 17.7. The molecular weight excluding hydrogens is 302 g/mol. The molecule has 0 spiro atoms. The van der Waals surface area contributed by atoms with E-state index in [9.17, 15) is 0 Å². The van der Waals surface area contributed by atoms with Crippen molar-refractivity contribution in [3.63, 3.8) is 0 Å². The van der Waals surface area contributed by atoms with Crippen LogP contribution in [0.5, 0.6) is 5.75 Å². The van der Waals surface area contributed by atoms with E-state index in [1.807, 2.05) is 0 Å². The molecule has 1 N–H and O–H groups in total. The van der Waals surface area contributed by atoms with Gasteiger partial charge in [0.05, 0.1) is 13.2 Å². The molecule has 2 fully saturated rings. The number of likely N-dealkylation sites (tertiary alicyclic amines) is 1. The van der Waals surface area contributed by atoms with Crippen LogP contribution in [0.15, 0.2) is 24.3 Å². The van der Waals surface area contributed by atoms with Gasteiger partial charge in [0.1, 0.15) is 12.4 Å². The number of hydrogen-bond acceptors (Lipinski definition) is 5. The van der Waals surface area contributed by atoms with Crippen LogP contribution in [0.4, 0.5) is 0 Å². The maximum atomic E-state index is 6.06. The van der Waals surface area contributed by atoms with E-state index in [-0.39, 0.29) is 0 Å². The smallest absolute Gasteiger partial charge is 0.123 e. The molecule has 0 bridgehead atoms. The van der Waals surface area contributed by atoms with E-state index in [2.05, 4.69) is 53.4 Å². The van der Waals surface area contributed by atoms with Gasteiger partial charge in [-0.1, -0.05) is 18.2 Å². The van der Waals surface area contributed by atoms with Crippen molar-refractivity contribution in [2.24, 2.45) is 0 Å². The molecule has 0 aliphatic carbocycles. The summed E-state index contributed by atoms with van der Waals surface area (Å²) in [5, 5.41) is 3.69. The predicted molar refractivity (Wildman–Crippen MR) is 96.5 cm³/mol. The number of nitrogens with zero attached hydrogens (tertiary/aromatic N) is 2. The molecule has 0 radical (unpaired) electrons. The summed E-state index contributed by atoms with van der Waals surface area (Å²) in [5.41, 5.74) is 1.25. The maximum absolute atomic E-state index is 6.06. The number of nitrogens with one attached hydrogen (secondary N) is 1. The van der Waals surface area contributed by atoms with Crippen LogP contribution in [-0.4, -0.2) is 74.9 Å². The third-order valence-corrected chi connectivity index (χ3v) is 5.21. The number of hydrogen-bond donors (Lipinski definition) is 1. The number of ether oxygens (including phenoxy) is 2. The predicted octanol–water partition coefficient (Wildman–Crippen LogP) is 1.58. The Morgan fingerprint density at radius 3 is 2.79 bits per heavy atom. The summed E-state index contributed by atoms with van der Waals surface area (Å²) < 4.78 is 11.4. The molecule has 0 amide bonds. The van der Waals surface area contributed by atoms with Crippen LogP contribution in [0.3, 0.4) is 0 Å². The molecule has 24 heavy (non-hydrogen) atoms. The lowest BCUT2D eigenvalue weighted by Gasteiger charge is -2.26. The Morgan fingerprint density at radius 1 is 1.25 bits per heavy atom. The minimum absolute atomic E-state index is 0.575. The lowest BCUT2D eigenvalue weighted by atomic mass is 10.1. The van der Waals surface area contributed by atoms with E-state index in [4.69, 9.17) is 9.47 Å². The largest absolute Gasteiger partial charge is 0.492 e. The van der Waals surface area contributed by atoms with Gasteiger partial charge in [0.15, 0.2) is 0 Å². The topological polar surface area (TPSA) is 37.0 Å². The van der Waals surface area contributed by atoms with E-state index in [0.29, 0.717) is 12.1 Å². The molecule has 5 heteroatoms. The normalized spacial score (nSPS) is 25.9. The second-order valence-corrected chi connectivity index (χ2v) is 7.01. The van der Waals surface area contributed by atoms with Crippen LogP contribution in [0.2, 0.25) is 0 Å². The molecule has 0 unspecified atom stereocenters. The van der Waals surface area contributed by atoms with Gasteiger partial charge in [0, 0.05) is 50.4 Å². The second-order valence-electron chi connectivity index (χ2n) is 7.01. The molecule has 5 nitrogen and oxygen atoms in total. The molecule has 3 rings (SSSR count). The monoisotopic (exact) mass is 333 g/mol. The highest BCUT2D eigenvalue weighted by Gasteiger charge is 2.25. The third-order valence-electron chi connectivity index (χ3n) is 5.21. The number of benzene rings is 1. The van der Waals surface area contributed by atoms with Crippen LogP contribution < -0.4 is 10.1 Å². The fourth-order valence-electron chi connectivity index (χ4n) is 3.50. The molecular formula is C19H31N3O2. The van der Waals surface area contributed by atoms with Gasteiger partial charge < -0.3 is 19.7 Å². The highest BCUT2D eigenvalue weighted by molar-refractivity contribution is 5.33. The molecule has 2 atom stereocenters. The fourth-order valence-corrected chi connectivity index (χ4v) is 3.50. The molecule has 0 saturated carbocycles. The van der Waals surface area contributed by atoms with Crippen molar-refractivity contribution in [3.8, 4) is 5.75 Å². The summed E-state index contributed by atoms with van der Waals surface area (Å²) in [6, 6.07) is 9.64. The summed E-state index contributed by atoms with van der Waals surface area (Å²) in [7, 11) is 2.20. The highest BCUT2D eigenvalue weighted by Crippen LogP contribution is 2.20. The average molecular weight is 333 g/mol. The van der Waals surface area contributed by atoms with Gasteiger partial charge in [0.25, 0.3) is 0 Å². The van der Waals surface area contributed by atoms with Crippen molar-refractivity contribution in [2.45, 2.75) is 32.0 Å². The van der Waals surface area contributed by atoms with E-state index >= 15 is 0 Å². The molecule has 0 aromatic heterocycles. The first-order valence-corrected chi connectivity index (χ1v) is 9.17. The van der Waals surface area contributed by atoms with Gasteiger partial charge >= 0.3 is 0 Å². The Bertz CT molecular complexity index is 495. The number of para-hydroxylation sites is 1. The molecule has 2 aliphatic rings. The maximum Gasteiger partial charge on any atom is 0.123 e. The number of likely N-dealkylation sites (N-methyl/N-ethyl adjacent to an activating group) is 1. The molecule has 2 heterocycles. The van der Waals surface area contributed by atoms with Crippen LogP contribution in [0, 0.1) is 0 Å². The zero-order valence-corrected chi connectivity index (χ0v) is 15.0. The lowest BCUT2D eigenvalue weighted by molar-refractivity contribution is 0.0322. The Balaban J connectivity index is 1.45. The van der Waals surface area contributed by atoms with Gasteiger partial charge in [-0.3, -0.25) is 4.90 Å². The van der Waals surface area contributed by atoms with Crippen LogP contribution in [-0.2, 0) is 11.3 Å². The van der Waals surface area contributed by atoms with Gasteiger partial charge in [-0.2, -0.15) is 0 Å². The van der Waals surface area contributed by atoms with Crippen molar-refractivity contribution in [2.75, 3.05) is 53.0 Å². The molecule has 2 aliphatic heterocycles. The Labute approximate surface area is 145 Å². The van der Waals surface area contributed by atoms with Crippen molar-refractivity contribution >= 4 is 0 Å². The Hall–Kier alpha value is -1.14. The lowest BCUT2D eigenvalue weighted by Crippen LogP contribution is -2.38. The highest BCUT2D eigenvalue weighted by atomic mass is 16.5. The van der Waals surface area contributed by atoms with Gasteiger partial charge in [-0.05, 0) is 26.5 Å². The van der Waals surface area contributed by atoms with Crippen LogP contribution >= 0.6 is 0 Å². The molecule has 134 valence electrons. The van der Waals surface area contributed by atoms with Crippen molar-refractivity contribution in [1.82, 2.24) is 15.1 Å². The van der Waals surface area contributed by atoms with Crippen LogP contribution in [0.1, 0.15) is 18.9 Å². The minimum Gasteiger partial charge on any atom is -0.492 e. The summed E-state index contributed by atoms with van der Waals surface area (Å²) in [6.07, 6.45) is 1.22. The van der Waals surface area contributed by atoms with Gasteiger partial charge in [-0.25, -0.2) is 0 Å². The van der Waals surface area contributed by atoms with E-state index in [0.717, 1.165) is 58.3 Å². The number of morpholine rings is 1.